The van der Waals surface area contributed by atoms with Crippen LogP contribution in [0.2, 0.25) is 0 Å². The van der Waals surface area contributed by atoms with Crippen LogP contribution in [0.4, 0.5) is 11.4 Å². The van der Waals surface area contributed by atoms with E-state index in [9.17, 15) is 23.3 Å². The van der Waals surface area contributed by atoms with E-state index in [1.54, 1.807) is 35.7 Å². The average molecular weight is 867 g/mol. The number of nitrogens with zero attached hydrogens (tertiary/aromatic N) is 4. The van der Waals surface area contributed by atoms with Gasteiger partial charge in [0, 0.05) is 72.6 Å². The lowest BCUT2D eigenvalue weighted by Gasteiger charge is -2.70. The third-order valence-electron chi connectivity index (χ3n) is 15.4. The molecule has 6 aliphatic carbocycles. The molecule has 6 fully saturated rings. The summed E-state index contributed by atoms with van der Waals surface area (Å²) >= 11 is 6.75. The molecule has 1 saturated heterocycles. The number of aromatic nitrogens is 2. The summed E-state index contributed by atoms with van der Waals surface area (Å²) in [5, 5.41) is 13.0. The summed E-state index contributed by atoms with van der Waals surface area (Å²) in [7, 11) is -4.25. The number of hydrogen-bond donors (Lipinski definition) is 1. The van der Waals surface area contributed by atoms with Gasteiger partial charge in [0.2, 0.25) is 0 Å². The molecule has 5 saturated carbocycles. The van der Waals surface area contributed by atoms with Gasteiger partial charge in [0.25, 0.3) is 5.69 Å². The van der Waals surface area contributed by atoms with Crippen molar-refractivity contribution in [2.75, 3.05) is 43.4 Å². The molecule has 0 radical (unpaired) electrons. The highest BCUT2D eigenvalue weighted by molar-refractivity contribution is 7.92. The van der Waals surface area contributed by atoms with Gasteiger partial charge in [-0.1, -0.05) is 37.5 Å². The first-order chi connectivity index (χ1) is 29.1. The minimum atomic E-state index is -4.25. The van der Waals surface area contributed by atoms with Crippen LogP contribution in [-0.2, 0) is 16.3 Å². The molecular formula is C48H56ClN5O6S. The maximum absolute atomic E-state index is 14.1. The highest BCUT2D eigenvalue weighted by Crippen LogP contribution is 2.75. The van der Waals surface area contributed by atoms with Gasteiger partial charge in [0.1, 0.15) is 22.9 Å². The lowest BCUT2D eigenvalue weighted by Crippen LogP contribution is -2.65. The van der Waals surface area contributed by atoms with E-state index in [1.807, 2.05) is 24.3 Å². The second-order valence-corrected chi connectivity index (χ2v) is 23.2. The number of hydrogen-bond acceptors (Lipinski definition) is 9. The second kappa shape index (κ2) is 14.9. The van der Waals surface area contributed by atoms with Crippen molar-refractivity contribution in [1.82, 2.24) is 14.9 Å². The Morgan fingerprint density at radius 3 is 2.49 bits per heavy atom. The smallest absolute Gasteiger partial charge is 0.273 e. The van der Waals surface area contributed by atoms with E-state index in [4.69, 9.17) is 16.3 Å². The number of anilines is 1. The number of pyridine rings is 1. The molecule has 2 aromatic carbocycles. The van der Waals surface area contributed by atoms with Crippen LogP contribution < -0.4 is 9.64 Å². The average Bonchev–Trinajstić information content (AvgIpc) is 3.64. The molecule has 1 N–H and O–H groups in total. The molecule has 0 atom stereocenters. The van der Waals surface area contributed by atoms with E-state index in [2.05, 4.69) is 33.6 Å². The predicted molar refractivity (Wildman–Crippen MR) is 238 cm³/mol. The minimum absolute atomic E-state index is 0.0521. The van der Waals surface area contributed by atoms with Crippen LogP contribution in [-0.4, -0.2) is 77.3 Å². The maximum atomic E-state index is 14.1. The van der Waals surface area contributed by atoms with Gasteiger partial charge in [-0.05, 0) is 130 Å². The molecule has 0 amide bonds. The number of fused-ring (bicyclic) bond motifs is 1. The molecule has 13 heteroatoms. The number of nitrogens with one attached hydrogen (secondary N) is 1. The summed E-state index contributed by atoms with van der Waals surface area (Å²) in [6.07, 6.45) is 17.9. The number of benzene rings is 2. The van der Waals surface area contributed by atoms with Crippen LogP contribution >= 0.6 is 11.6 Å². The van der Waals surface area contributed by atoms with Crippen molar-refractivity contribution in [2.45, 2.75) is 107 Å². The van der Waals surface area contributed by atoms with E-state index < -0.39 is 26.3 Å². The topological polar surface area (TPSA) is 139 Å². The van der Waals surface area contributed by atoms with Gasteiger partial charge in [-0.15, -0.1) is 11.6 Å². The van der Waals surface area contributed by atoms with Crippen molar-refractivity contribution in [3.05, 3.63) is 93.3 Å². The number of aryl methyl sites for hydroxylation is 1. The van der Waals surface area contributed by atoms with Gasteiger partial charge in [-0.3, -0.25) is 19.8 Å². The lowest BCUT2D eigenvalue weighted by atomic mass is 9.39. The third kappa shape index (κ3) is 7.79. The quantitative estimate of drug-likeness (QED) is 0.0431. The van der Waals surface area contributed by atoms with E-state index >= 15 is 0 Å². The van der Waals surface area contributed by atoms with Crippen molar-refractivity contribution in [3.63, 3.8) is 0 Å². The Kier molecular flexibility index (Phi) is 9.99. The van der Waals surface area contributed by atoms with Gasteiger partial charge >= 0.3 is 0 Å². The van der Waals surface area contributed by atoms with E-state index in [1.165, 1.54) is 51.0 Å². The van der Waals surface area contributed by atoms with Gasteiger partial charge in [0.05, 0.1) is 21.6 Å². The first-order valence-corrected chi connectivity index (χ1v) is 24.3. The number of sulfone groups is 1. The lowest BCUT2D eigenvalue weighted by molar-refractivity contribution is -0.385. The molecule has 322 valence electrons. The van der Waals surface area contributed by atoms with E-state index in [0.717, 1.165) is 82.0 Å². The zero-order valence-electron chi connectivity index (χ0n) is 35.3. The molecule has 0 unspecified atom stereocenters. The van der Waals surface area contributed by atoms with Crippen LogP contribution in [0.25, 0.3) is 11.0 Å². The number of nitro benzene ring substituents is 1. The molecule has 2 aromatic heterocycles. The number of nitro groups is 1. The Bertz CT molecular complexity index is 2540. The number of halogens is 1. The SMILES string of the molecule is CC1(C)CCC(CN2CCN(c3ccc(C(=O)CS(=O)(=O)c4ccc(CCC5CC6(CCC6)C5)c([N+](=O)[O-])c4)c(Oc4cnc5[nH]ccc5c4)c3)CC2)=C(C23CC(Cl)(C2)C3)C1. The maximum Gasteiger partial charge on any atom is 0.273 e. The number of ether oxygens (including phenoxy) is 1. The van der Waals surface area contributed by atoms with Gasteiger partial charge < -0.3 is 14.6 Å². The number of ketones is 1. The molecular weight excluding hydrogens is 810 g/mol. The number of rotatable bonds is 14. The highest BCUT2D eigenvalue weighted by Gasteiger charge is 2.69. The van der Waals surface area contributed by atoms with Crippen LogP contribution in [0.3, 0.4) is 0 Å². The number of piperazine rings is 1. The molecule has 3 heterocycles. The first kappa shape index (κ1) is 40.8. The number of H-pyrrole nitrogens is 1. The van der Waals surface area contributed by atoms with Crippen molar-refractivity contribution < 1.29 is 22.9 Å². The van der Waals surface area contributed by atoms with Crippen LogP contribution in [0, 0.1) is 32.3 Å². The number of alkyl halides is 1. The van der Waals surface area contributed by atoms with Gasteiger partial charge in [0.15, 0.2) is 15.6 Å². The molecule has 7 aliphatic rings. The molecule has 4 aromatic rings. The van der Waals surface area contributed by atoms with Crippen LogP contribution in [0.15, 0.2) is 77.0 Å². The van der Waals surface area contributed by atoms with Gasteiger partial charge in [-0.25, -0.2) is 13.4 Å². The molecule has 11 rings (SSSR count). The molecule has 61 heavy (non-hydrogen) atoms. The summed E-state index contributed by atoms with van der Waals surface area (Å²) < 4.78 is 34.1. The predicted octanol–water partition coefficient (Wildman–Crippen LogP) is 10.2. The fraction of sp³-hybridized carbons (Fsp3) is 0.542. The van der Waals surface area contributed by atoms with Crippen LogP contribution in [0.5, 0.6) is 11.5 Å². The Labute approximate surface area is 363 Å². The summed E-state index contributed by atoms with van der Waals surface area (Å²) in [6, 6.07) is 13.1. The number of allylic oxidation sites excluding steroid dienone is 1. The second-order valence-electron chi connectivity index (χ2n) is 20.4. The van der Waals surface area contributed by atoms with E-state index in [0.29, 0.717) is 45.5 Å². The Morgan fingerprint density at radius 2 is 1.79 bits per heavy atom. The first-order valence-electron chi connectivity index (χ1n) is 22.2. The van der Waals surface area contributed by atoms with Gasteiger partial charge in [-0.2, -0.15) is 0 Å². The van der Waals surface area contributed by atoms with Crippen molar-refractivity contribution >= 4 is 49.6 Å². The Balaban J connectivity index is 0.852. The number of Topliss-reactive ketones (excluding diaryl/α,β-unsaturated/α-hetero) is 1. The third-order valence-corrected chi connectivity index (χ3v) is 17.4. The molecule has 11 nitrogen and oxygen atoms in total. The molecule has 1 spiro atoms. The summed E-state index contributed by atoms with van der Waals surface area (Å²) in [6.45, 7) is 9.16. The Morgan fingerprint density at radius 1 is 1.02 bits per heavy atom. The Hall–Kier alpha value is -4.26. The minimum Gasteiger partial charge on any atom is -0.455 e. The summed E-state index contributed by atoms with van der Waals surface area (Å²) in [5.74, 6) is -0.327. The number of aromatic amines is 1. The number of carbonyl (C=O) groups excluding carboxylic acids is 1. The zero-order valence-corrected chi connectivity index (χ0v) is 36.9. The monoisotopic (exact) mass is 865 g/mol. The summed E-state index contributed by atoms with van der Waals surface area (Å²) in [4.78, 5) is 37.9. The number of carbonyl (C=O) groups is 1. The molecule has 1 aliphatic heterocycles. The van der Waals surface area contributed by atoms with Crippen molar-refractivity contribution in [1.29, 1.82) is 0 Å². The normalized spacial score (nSPS) is 25.7. The molecule has 2 bridgehead atoms. The highest BCUT2D eigenvalue weighted by atomic mass is 35.5. The van der Waals surface area contributed by atoms with Crippen molar-refractivity contribution in [3.8, 4) is 11.5 Å². The summed E-state index contributed by atoms with van der Waals surface area (Å²) in [5.41, 5.74) is 6.50. The van der Waals surface area contributed by atoms with E-state index in [-0.39, 0.29) is 26.8 Å². The fourth-order valence-corrected chi connectivity index (χ4v) is 13.9. The fourth-order valence-electron chi connectivity index (χ4n) is 11.9. The largest absolute Gasteiger partial charge is 0.455 e. The van der Waals surface area contributed by atoms with Crippen LogP contribution in [0.1, 0.15) is 107 Å². The van der Waals surface area contributed by atoms with Crippen molar-refractivity contribution in [2.24, 2.45) is 22.2 Å². The zero-order chi connectivity index (χ0) is 42.4. The standard InChI is InChI=1S/C48H56ClN5O6S/c1-45(2)14-10-35(40(25-45)47-29-48(49,30-47)31-47)27-52-16-18-53(19-17-52)36-7-9-39(43(21-36)60-37-20-34-11-15-50-44(34)51-26-37)42(55)28-61(58,59)38-8-6-33(41(22-38)54(56)57)5-4-32-23-46(24-32)12-3-13-46/h6-9,11,15,20-22,26,32H,3-5,10,12-14,16-19,23-25,27-31H2,1-2H3,(H,50,51).